The minimum atomic E-state index is -0.494. The van der Waals surface area contributed by atoms with Gasteiger partial charge in [0.25, 0.3) is 5.91 Å². The van der Waals surface area contributed by atoms with Gasteiger partial charge in [-0.1, -0.05) is 12.1 Å². The van der Waals surface area contributed by atoms with Crippen molar-refractivity contribution in [3.05, 3.63) is 40.6 Å². The normalized spacial score (nSPS) is 25.1. The minimum Gasteiger partial charge on any atom is -0.349 e. The SMILES string of the molecule is CC1=C(C(=O)NC2CCC(CN3C(=O)C(C)(C)c4c(C)cccc43)CC2)C(=O)CC=N1. The summed E-state index contributed by atoms with van der Waals surface area (Å²) in [7, 11) is 0. The van der Waals surface area contributed by atoms with Gasteiger partial charge in [0, 0.05) is 30.9 Å². The maximum absolute atomic E-state index is 13.2. The fourth-order valence-electron chi connectivity index (χ4n) is 5.36. The van der Waals surface area contributed by atoms with E-state index in [2.05, 4.69) is 29.4 Å². The maximum Gasteiger partial charge on any atom is 0.256 e. The van der Waals surface area contributed by atoms with Crippen molar-refractivity contribution in [3.8, 4) is 0 Å². The molecule has 0 aromatic heterocycles. The summed E-state index contributed by atoms with van der Waals surface area (Å²) in [4.78, 5) is 44.0. The number of hydrogen-bond donors (Lipinski definition) is 1. The molecule has 0 radical (unpaired) electrons. The molecule has 3 aliphatic rings. The average molecular weight is 422 g/mol. The zero-order chi connectivity index (χ0) is 22.3. The van der Waals surface area contributed by atoms with Crippen molar-refractivity contribution >= 4 is 29.5 Å². The molecule has 164 valence electrons. The number of benzene rings is 1. The number of carbonyl (C=O) groups is 3. The zero-order valence-electron chi connectivity index (χ0n) is 18.8. The second-order valence-electron chi connectivity index (χ2n) is 9.60. The van der Waals surface area contributed by atoms with Crippen LogP contribution < -0.4 is 10.2 Å². The van der Waals surface area contributed by atoms with E-state index in [1.807, 2.05) is 24.8 Å². The lowest BCUT2D eigenvalue weighted by Gasteiger charge is -2.32. The molecule has 1 aromatic rings. The van der Waals surface area contributed by atoms with Gasteiger partial charge >= 0.3 is 0 Å². The van der Waals surface area contributed by atoms with Gasteiger partial charge in [-0.2, -0.15) is 0 Å². The van der Waals surface area contributed by atoms with Crippen molar-refractivity contribution in [2.45, 2.75) is 71.3 Å². The van der Waals surface area contributed by atoms with Gasteiger partial charge in [0.1, 0.15) is 5.57 Å². The number of carbonyl (C=O) groups excluding carboxylic acids is 3. The van der Waals surface area contributed by atoms with Gasteiger partial charge in [-0.15, -0.1) is 0 Å². The van der Waals surface area contributed by atoms with E-state index in [0.717, 1.165) is 49.0 Å². The zero-order valence-corrected chi connectivity index (χ0v) is 18.8. The quantitative estimate of drug-likeness (QED) is 0.755. The molecule has 0 atom stereocenters. The second kappa shape index (κ2) is 8.06. The Hall–Kier alpha value is -2.76. The number of nitrogens with one attached hydrogen (secondary N) is 1. The highest BCUT2D eigenvalue weighted by Crippen LogP contribution is 2.44. The lowest BCUT2D eigenvalue weighted by atomic mass is 9.83. The predicted octanol–water partition coefficient (Wildman–Crippen LogP) is 3.61. The number of allylic oxidation sites excluding steroid dienone is 1. The molecular weight excluding hydrogens is 390 g/mol. The highest BCUT2D eigenvalue weighted by Gasteiger charge is 2.45. The number of anilines is 1. The Labute approximate surface area is 183 Å². The van der Waals surface area contributed by atoms with Gasteiger partial charge in [0.2, 0.25) is 5.91 Å². The fraction of sp³-hybridized carbons (Fsp3) is 0.520. The molecule has 0 bridgehead atoms. The van der Waals surface area contributed by atoms with E-state index in [1.54, 1.807) is 13.1 Å². The molecule has 2 aliphatic heterocycles. The number of nitrogens with zero attached hydrogens (tertiary/aromatic N) is 2. The summed E-state index contributed by atoms with van der Waals surface area (Å²) < 4.78 is 0. The summed E-state index contributed by atoms with van der Waals surface area (Å²) in [6.07, 6.45) is 5.34. The Morgan fingerprint density at radius 3 is 2.55 bits per heavy atom. The summed E-state index contributed by atoms with van der Waals surface area (Å²) >= 11 is 0. The third kappa shape index (κ3) is 3.84. The number of rotatable bonds is 4. The van der Waals surface area contributed by atoms with Crippen LogP contribution >= 0.6 is 0 Å². The topological polar surface area (TPSA) is 78.8 Å². The first-order chi connectivity index (χ1) is 14.7. The van der Waals surface area contributed by atoms with E-state index in [1.165, 1.54) is 0 Å². The first-order valence-corrected chi connectivity index (χ1v) is 11.2. The summed E-state index contributed by atoms with van der Waals surface area (Å²) in [5, 5.41) is 3.04. The van der Waals surface area contributed by atoms with Gasteiger partial charge in [-0.3, -0.25) is 19.4 Å². The third-order valence-electron chi connectivity index (χ3n) is 7.00. The Balaban J connectivity index is 1.38. The van der Waals surface area contributed by atoms with Crippen LogP contribution in [0.4, 0.5) is 5.69 Å². The predicted molar refractivity (Wildman–Crippen MR) is 121 cm³/mol. The van der Waals surface area contributed by atoms with Crippen LogP contribution in [-0.4, -0.2) is 36.4 Å². The first kappa shape index (κ1) is 21.5. The van der Waals surface area contributed by atoms with Crippen LogP contribution in [0.2, 0.25) is 0 Å². The molecule has 4 rings (SSSR count). The number of hydrogen-bond acceptors (Lipinski definition) is 4. The maximum atomic E-state index is 13.2. The van der Waals surface area contributed by atoms with E-state index in [9.17, 15) is 14.4 Å². The number of fused-ring (bicyclic) bond motifs is 1. The molecule has 0 saturated heterocycles. The van der Waals surface area contributed by atoms with E-state index >= 15 is 0 Å². The van der Waals surface area contributed by atoms with E-state index in [-0.39, 0.29) is 35.6 Å². The largest absolute Gasteiger partial charge is 0.349 e. The number of aryl methyl sites for hydroxylation is 1. The average Bonchev–Trinajstić information content (AvgIpc) is 2.91. The van der Waals surface area contributed by atoms with Crippen LogP contribution in [-0.2, 0) is 19.8 Å². The van der Waals surface area contributed by atoms with E-state index in [0.29, 0.717) is 11.6 Å². The van der Waals surface area contributed by atoms with Crippen LogP contribution in [0.15, 0.2) is 34.5 Å². The Morgan fingerprint density at radius 2 is 1.87 bits per heavy atom. The number of ketones is 1. The van der Waals surface area contributed by atoms with Crippen LogP contribution in [0.5, 0.6) is 0 Å². The molecule has 0 spiro atoms. The van der Waals surface area contributed by atoms with Crippen LogP contribution in [0.25, 0.3) is 0 Å². The molecule has 1 aliphatic carbocycles. The number of Topliss-reactive ketones (excluding diaryl/α,β-unsaturated/α-hetero) is 1. The molecule has 1 aromatic carbocycles. The summed E-state index contributed by atoms with van der Waals surface area (Å²) in [5.41, 5.74) is 3.55. The molecule has 31 heavy (non-hydrogen) atoms. The van der Waals surface area contributed by atoms with E-state index in [4.69, 9.17) is 0 Å². The lowest BCUT2D eigenvalue weighted by Crippen LogP contribution is -2.43. The molecule has 0 unspecified atom stereocenters. The Morgan fingerprint density at radius 1 is 1.16 bits per heavy atom. The molecule has 2 heterocycles. The standard InChI is InChI=1S/C25H31N3O3/c1-15-6-5-7-19-22(15)25(3,4)24(31)28(19)14-17-8-10-18(11-9-17)27-23(30)21-16(2)26-13-12-20(21)29/h5-7,13,17-18H,8-12,14H2,1-4H3,(H,27,30). The molecule has 1 fully saturated rings. The number of aliphatic imine (C=N–C) groups is 1. The molecule has 1 saturated carbocycles. The van der Waals surface area contributed by atoms with Crippen LogP contribution in [0, 0.1) is 12.8 Å². The highest BCUT2D eigenvalue weighted by molar-refractivity contribution is 6.23. The monoisotopic (exact) mass is 421 g/mol. The van der Waals surface area contributed by atoms with Crippen LogP contribution in [0.1, 0.15) is 64.0 Å². The van der Waals surface area contributed by atoms with Crippen molar-refractivity contribution in [1.29, 1.82) is 0 Å². The fourth-order valence-corrected chi connectivity index (χ4v) is 5.36. The molecule has 1 N–H and O–H groups in total. The third-order valence-corrected chi connectivity index (χ3v) is 7.00. The molecular formula is C25H31N3O3. The van der Waals surface area contributed by atoms with Gasteiger partial charge < -0.3 is 10.2 Å². The van der Waals surface area contributed by atoms with Crippen molar-refractivity contribution in [1.82, 2.24) is 5.32 Å². The summed E-state index contributed by atoms with van der Waals surface area (Å²) in [6, 6.07) is 6.21. The smallest absolute Gasteiger partial charge is 0.256 e. The van der Waals surface area contributed by atoms with Gasteiger partial charge in [-0.05, 0) is 76.5 Å². The molecule has 6 heteroatoms. The van der Waals surface area contributed by atoms with E-state index < -0.39 is 5.41 Å². The van der Waals surface area contributed by atoms with Crippen LogP contribution in [0.3, 0.4) is 0 Å². The van der Waals surface area contributed by atoms with Gasteiger partial charge in [-0.25, -0.2) is 0 Å². The minimum absolute atomic E-state index is 0.0583. The summed E-state index contributed by atoms with van der Waals surface area (Å²) in [5.74, 6) is 0.110. The van der Waals surface area contributed by atoms with Crippen molar-refractivity contribution < 1.29 is 14.4 Å². The highest BCUT2D eigenvalue weighted by atomic mass is 16.2. The first-order valence-electron chi connectivity index (χ1n) is 11.2. The molecule has 6 nitrogen and oxygen atoms in total. The second-order valence-corrected chi connectivity index (χ2v) is 9.60. The number of amides is 2. The lowest BCUT2D eigenvalue weighted by molar-refractivity contribution is -0.123. The van der Waals surface area contributed by atoms with Crippen molar-refractivity contribution in [3.63, 3.8) is 0 Å². The van der Waals surface area contributed by atoms with Gasteiger partial charge in [0.05, 0.1) is 11.1 Å². The van der Waals surface area contributed by atoms with Crippen molar-refractivity contribution in [2.75, 3.05) is 11.4 Å². The Kier molecular flexibility index (Phi) is 5.58. The van der Waals surface area contributed by atoms with Gasteiger partial charge in [0.15, 0.2) is 5.78 Å². The van der Waals surface area contributed by atoms with Crippen molar-refractivity contribution in [2.24, 2.45) is 10.9 Å². The summed E-state index contributed by atoms with van der Waals surface area (Å²) in [6.45, 7) is 8.52. The molecule has 2 amide bonds. The Bertz CT molecular complexity index is 997.